The van der Waals surface area contributed by atoms with E-state index in [1.165, 1.54) is 47.7 Å². The first kappa shape index (κ1) is 26.5. The smallest absolute Gasteiger partial charge is 0.243 e. The van der Waals surface area contributed by atoms with Crippen molar-refractivity contribution >= 4 is 33.0 Å². The van der Waals surface area contributed by atoms with Gasteiger partial charge in [-0.05, 0) is 39.1 Å². The van der Waals surface area contributed by atoms with E-state index in [9.17, 15) is 13.5 Å². The van der Waals surface area contributed by atoms with E-state index in [0.717, 1.165) is 5.01 Å². The fourth-order valence-electron chi connectivity index (χ4n) is 4.14. The van der Waals surface area contributed by atoms with E-state index < -0.39 is 16.1 Å². The van der Waals surface area contributed by atoms with Crippen LogP contribution in [-0.4, -0.2) is 78.8 Å². The highest BCUT2D eigenvalue weighted by Gasteiger charge is 2.30. The average Bonchev–Trinajstić information content (AvgIpc) is 3.24. The summed E-state index contributed by atoms with van der Waals surface area (Å²) in [5, 5.41) is 24.0. The maximum atomic E-state index is 13.6. The van der Waals surface area contributed by atoms with Crippen molar-refractivity contribution in [2.75, 3.05) is 33.7 Å². The van der Waals surface area contributed by atoms with Crippen molar-refractivity contribution in [3.05, 3.63) is 28.2 Å². The van der Waals surface area contributed by atoms with Gasteiger partial charge in [-0.1, -0.05) is 55.2 Å². The molecule has 1 heterocycles. The highest BCUT2D eigenvalue weighted by atomic mass is 35.5. The van der Waals surface area contributed by atoms with Gasteiger partial charge in [0.05, 0.1) is 21.6 Å². The molecule has 1 aromatic heterocycles. The molecule has 1 atom stereocenters. The van der Waals surface area contributed by atoms with E-state index >= 15 is 0 Å². The summed E-state index contributed by atoms with van der Waals surface area (Å²) >= 11 is 7.84. The number of likely N-dealkylation sites (N-methyl/N-ethyl adjacent to an activating group) is 2. The highest BCUT2D eigenvalue weighted by molar-refractivity contribution is 7.89. The van der Waals surface area contributed by atoms with Crippen LogP contribution in [0.4, 0.5) is 0 Å². The van der Waals surface area contributed by atoms with Crippen LogP contribution in [0.1, 0.15) is 44.0 Å². The van der Waals surface area contributed by atoms with Gasteiger partial charge in [-0.15, -0.1) is 10.2 Å². The minimum absolute atomic E-state index is 0.00432. The Labute approximate surface area is 206 Å². The lowest BCUT2D eigenvalue weighted by molar-refractivity contribution is 0.115. The van der Waals surface area contributed by atoms with Crippen molar-refractivity contribution in [3.8, 4) is 10.6 Å². The molecule has 1 fully saturated rings. The Morgan fingerprint density at radius 3 is 2.61 bits per heavy atom. The highest BCUT2D eigenvalue weighted by Crippen LogP contribution is 2.37. The van der Waals surface area contributed by atoms with E-state index in [1.807, 2.05) is 19.0 Å². The van der Waals surface area contributed by atoms with Crippen LogP contribution in [0.15, 0.2) is 23.1 Å². The topological polar surface area (TPSA) is 98.7 Å². The number of rotatable bonds is 11. The SMILES string of the molecule is CCN(CC(O)CN(C)C)S(=O)(=O)c1cccc(Cl)c1-c1nnc(CNC2CCCCC2)s1. The predicted octanol–water partition coefficient (Wildman–Crippen LogP) is 3.21. The molecule has 3 rings (SSSR count). The lowest BCUT2D eigenvalue weighted by atomic mass is 9.96. The number of hydrogen-bond donors (Lipinski definition) is 2. The molecule has 1 aliphatic rings. The zero-order chi connectivity index (χ0) is 24.0. The Hall–Kier alpha value is -1.14. The number of nitrogens with zero attached hydrogens (tertiary/aromatic N) is 4. The van der Waals surface area contributed by atoms with Crippen molar-refractivity contribution in [2.45, 2.75) is 62.6 Å². The number of benzene rings is 1. The Bertz CT molecular complexity index is 1010. The number of aromatic nitrogens is 2. The summed E-state index contributed by atoms with van der Waals surface area (Å²) in [6, 6.07) is 5.32. The molecule has 1 unspecified atom stereocenters. The molecule has 1 aliphatic carbocycles. The largest absolute Gasteiger partial charge is 0.390 e. The number of aliphatic hydroxyl groups excluding tert-OH is 1. The van der Waals surface area contributed by atoms with E-state index in [2.05, 4.69) is 15.5 Å². The average molecular weight is 516 g/mol. The van der Waals surface area contributed by atoms with Crippen LogP contribution < -0.4 is 5.32 Å². The first-order valence-electron chi connectivity index (χ1n) is 11.4. The standard InChI is InChI=1S/C22H34ClN5O3S2/c1-4-28(15-17(29)14-27(2)3)33(30,31)19-12-8-11-18(23)21(19)22-26-25-20(32-22)13-24-16-9-6-5-7-10-16/h8,11-12,16-17,24,29H,4-7,9-10,13-15H2,1-3H3. The third-order valence-corrected chi connectivity index (χ3v) is 9.00. The fraction of sp³-hybridized carbons (Fsp3) is 0.636. The van der Waals surface area contributed by atoms with Crippen molar-refractivity contribution in [1.29, 1.82) is 0 Å². The van der Waals surface area contributed by atoms with Crippen molar-refractivity contribution in [3.63, 3.8) is 0 Å². The van der Waals surface area contributed by atoms with Crippen LogP contribution in [0.2, 0.25) is 5.02 Å². The second-order valence-corrected chi connectivity index (χ2v) is 12.1. The van der Waals surface area contributed by atoms with Crippen LogP contribution in [-0.2, 0) is 16.6 Å². The quantitative estimate of drug-likeness (QED) is 0.474. The molecular weight excluding hydrogens is 482 g/mol. The summed E-state index contributed by atoms with van der Waals surface area (Å²) in [6.07, 6.45) is 5.33. The molecule has 0 saturated heterocycles. The Balaban J connectivity index is 1.84. The molecule has 184 valence electrons. The van der Waals surface area contributed by atoms with Gasteiger partial charge in [0.25, 0.3) is 0 Å². The number of aliphatic hydroxyl groups is 1. The molecule has 2 aromatic rings. The van der Waals surface area contributed by atoms with Gasteiger partial charge in [0, 0.05) is 32.2 Å². The lowest BCUT2D eigenvalue weighted by Gasteiger charge is -2.25. The first-order chi connectivity index (χ1) is 15.7. The van der Waals surface area contributed by atoms with Gasteiger partial charge in [0.2, 0.25) is 10.0 Å². The van der Waals surface area contributed by atoms with Gasteiger partial charge in [-0.3, -0.25) is 0 Å². The van der Waals surface area contributed by atoms with Crippen LogP contribution in [0.5, 0.6) is 0 Å². The van der Waals surface area contributed by atoms with E-state index in [0.29, 0.717) is 34.7 Å². The van der Waals surface area contributed by atoms with Crippen LogP contribution in [0, 0.1) is 0 Å². The van der Waals surface area contributed by atoms with Crippen LogP contribution in [0.3, 0.4) is 0 Å². The predicted molar refractivity (Wildman–Crippen MR) is 133 cm³/mol. The van der Waals surface area contributed by atoms with Gasteiger partial charge in [-0.2, -0.15) is 4.31 Å². The van der Waals surface area contributed by atoms with Gasteiger partial charge < -0.3 is 15.3 Å². The molecule has 33 heavy (non-hydrogen) atoms. The molecule has 0 radical (unpaired) electrons. The Kier molecular flexibility index (Phi) is 9.63. The molecule has 0 aliphatic heterocycles. The summed E-state index contributed by atoms with van der Waals surface area (Å²) in [5.74, 6) is 0. The lowest BCUT2D eigenvalue weighted by Crippen LogP contribution is -2.41. The monoisotopic (exact) mass is 515 g/mol. The van der Waals surface area contributed by atoms with E-state index in [1.54, 1.807) is 25.1 Å². The normalized spacial score (nSPS) is 16.6. The van der Waals surface area contributed by atoms with Gasteiger partial charge in [-0.25, -0.2) is 8.42 Å². The number of nitrogens with one attached hydrogen (secondary N) is 1. The molecule has 0 spiro atoms. The Morgan fingerprint density at radius 2 is 1.94 bits per heavy atom. The third kappa shape index (κ3) is 6.94. The maximum Gasteiger partial charge on any atom is 0.243 e. The fourth-order valence-corrected chi connectivity index (χ4v) is 7.15. The number of sulfonamides is 1. The second kappa shape index (κ2) is 12.0. The zero-order valence-electron chi connectivity index (χ0n) is 19.5. The number of hydrogen-bond acceptors (Lipinski definition) is 8. The first-order valence-corrected chi connectivity index (χ1v) is 14.0. The van der Waals surface area contributed by atoms with Gasteiger partial charge in [0.1, 0.15) is 5.01 Å². The van der Waals surface area contributed by atoms with Crippen LogP contribution >= 0.6 is 22.9 Å². The van der Waals surface area contributed by atoms with Gasteiger partial charge >= 0.3 is 0 Å². The molecule has 11 heteroatoms. The van der Waals surface area contributed by atoms with Crippen LogP contribution in [0.25, 0.3) is 10.6 Å². The summed E-state index contributed by atoms with van der Waals surface area (Å²) in [7, 11) is -0.245. The summed E-state index contributed by atoms with van der Waals surface area (Å²) < 4.78 is 28.4. The van der Waals surface area contributed by atoms with Gasteiger partial charge in [0.15, 0.2) is 5.01 Å². The van der Waals surface area contributed by atoms with Crippen molar-refractivity contribution in [2.24, 2.45) is 0 Å². The molecule has 0 bridgehead atoms. The molecule has 1 aromatic carbocycles. The Morgan fingerprint density at radius 1 is 1.21 bits per heavy atom. The minimum atomic E-state index is -3.91. The third-order valence-electron chi connectivity index (χ3n) is 5.76. The zero-order valence-corrected chi connectivity index (χ0v) is 21.9. The molecule has 8 nitrogen and oxygen atoms in total. The summed E-state index contributed by atoms with van der Waals surface area (Å²) in [5.41, 5.74) is 0.362. The summed E-state index contributed by atoms with van der Waals surface area (Å²) in [6.45, 7) is 2.94. The van der Waals surface area contributed by atoms with Crippen molar-refractivity contribution in [1.82, 2.24) is 24.7 Å². The molecule has 0 amide bonds. The van der Waals surface area contributed by atoms with E-state index in [4.69, 9.17) is 11.6 Å². The summed E-state index contributed by atoms with van der Waals surface area (Å²) in [4.78, 5) is 1.90. The van der Waals surface area contributed by atoms with E-state index in [-0.39, 0.29) is 18.0 Å². The molecular formula is C22H34ClN5O3S2. The maximum absolute atomic E-state index is 13.6. The molecule has 1 saturated carbocycles. The molecule has 2 N–H and O–H groups in total. The van der Waals surface area contributed by atoms with Crippen molar-refractivity contribution < 1.29 is 13.5 Å². The minimum Gasteiger partial charge on any atom is -0.390 e. The number of halogens is 1. The second-order valence-electron chi connectivity index (χ2n) is 8.70.